The van der Waals surface area contributed by atoms with Crippen LogP contribution in [0.2, 0.25) is 0 Å². The van der Waals surface area contributed by atoms with Gasteiger partial charge in [-0.2, -0.15) is 0 Å². The van der Waals surface area contributed by atoms with Gasteiger partial charge in [0.1, 0.15) is 0 Å². The number of benzene rings is 1. The lowest BCUT2D eigenvalue weighted by atomic mass is 10.1. The third-order valence-corrected chi connectivity index (χ3v) is 2.46. The Balaban J connectivity index is 2.68. The number of aliphatic hydroxyl groups is 1. The molecule has 0 aliphatic carbocycles. The highest BCUT2D eigenvalue weighted by molar-refractivity contribution is 6.39. The molecule has 1 rings (SSSR count). The van der Waals surface area contributed by atoms with Crippen LogP contribution in [0.4, 0.5) is 5.69 Å². The summed E-state index contributed by atoms with van der Waals surface area (Å²) in [6.07, 6.45) is 0. The van der Waals surface area contributed by atoms with Crippen molar-refractivity contribution in [1.82, 2.24) is 5.32 Å². The van der Waals surface area contributed by atoms with Crippen molar-refractivity contribution in [3.8, 4) is 0 Å². The van der Waals surface area contributed by atoms with E-state index in [0.717, 1.165) is 11.1 Å². The van der Waals surface area contributed by atoms with Gasteiger partial charge >= 0.3 is 11.8 Å². The van der Waals surface area contributed by atoms with Gasteiger partial charge in [-0.05, 0) is 31.0 Å². The molecular formula is C12H16N2O3. The van der Waals surface area contributed by atoms with Crippen LogP contribution in [0.5, 0.6) is 0 Å². The Labute approximate surface area is 99.8 Å². The highest BCUT2D eigenvalue weighted by Crippen LogP contribution is 2.17. The van der Waals surface area contributed by atoms with Crippen LogP contribution in [-0.4, -0.2) is 30.1 Å². The third-order valence-electron chi connectivity index (χ3n) is 2.46. The summed E-state index contributed by atoms with van der Waals surface area (Å²) in [6.45, 7) is 3.68. The van der Waals surface area contributed by atoms with Crippen LogP contribution in [-0.2, 0) is 9.59 Å². The second-order valence-electron chi connectivity index (χ2n) is 3.68. The van der Waals surface area contributed by atoms with Crippen molar-refractivity contribution in [2.45, 2.75) is 13.8 Å². The molecule has 17 heavy (non-hydrogen) atoms. The molecule has 5 heteroatoms. The molecular weight excluding hydrogens is 220 g/mol. The summed E-state index contributed by atoms with van der Waals surface area (Å²) >= 11 is 0. The molecule has 3 N–H and O–H groups in total. The van der Waals surface area contributed by atoms with E-state index < -0.39 is 11.8 Å². The third kappa shape index (κ3) is 3.57. The minimum Gasteiger partial charge on any atom is -0.395 e. The number of aliphatic hydroxyl groups excluding tert-OH is 1. The predicted octanol–water partition coefficient (Wildman–Crippen LogP) is 0.350. The van der Waals surface area contributed by atoms with E-state index in [-0.39, 0.29) is 13.2 Å². The molecule has 0 saturated carbocycles. The minimum absolute atomic E-state index is 0.0685. The van der Waals surface area contributed by atoms with E-state index >= 15 is 0 Å². The number of carbonyl (C=O) groups is 2. The monoisotopic (exact) mass is 236 g/mol. The fourth-order valence-electron chi connectivity index (χ4n) is 1.32. The molecule has 0 aliphatic heterocycles. The molecule has 0 unspecified atom stereocenters. The molecule has 0 atom stereocenters. The van der Waals surface area contributed by atoms with Gasteiger partial charge in [-0.3, -0.25) is 9.59 Å². The van der Waals surface area contributed by atoms with E-state index in [1.54, 1.807) is 6.07 Å². The molecule has 0 bridgehead atoms. The number of anilines is 1. The van der Waals surface area contributed by atoms with Crippen LogP contribution in [0.25, 0.3) is 0 Å². The van der Waals surface area contributed by atoms with Crippen molar-refractivity contribution in [1.29, 1.82) is 0 Å². The number of hydrogen-bond acceptors (Lipinski definition) is 3. The molecule has 5 nitrogen and oxygen atoms in total. The number of nitrogens with one attached hydrogen (secondary N) is 2. The quantitative estimate of drug-likeness (QED) is 0.663. The van der Waals surface area contributed by atoms with Crippen molar-refractivity contribution in [2.24, 2.45) is 0 Å². The number of amides is 2. The predicted molar refractivity (Wildman–Crippen MR) is 64.6 cm³/mol. The van der Waals surface area contributed by atoms with Gasteiger partial charge in [-0.1, -0.05) is 12.1 Å². The van der Waals surface area contributed by atoms with Gasteiger partial charge in [0.25, 0.3) is 0 Å². The Kier molecular flexibility index (Phi) is 4.66. The molecule has 0 radical (unpaired) electrons. The second-order valence-corrected chi connectivity index (χ2v) is 3.68. The Morgan fingerprint density at radius 1 is 1.24 bits per heavy atom. The van der Waals surface area contributed by atoms with E-state index in [4.69, 9.17) is 5.11 Å². The molecule has 1 aromatic carbocycles. The first-order valence-corrected chi connectivity index (χ1v) is 5.32. The Morgan fingerprint density at radius 2 is 1.94 bits per heavy atom. The lowest BCUT2D eigenvalue weighted by Gasteiger charge is -2.09. The molecule has 0 heterocycles. The van der Waals surface area contributed by atoms with Gasteiger partial charge in [-0.15, -0.1) is 0 Å². The summed E-state index contributed by atoms with van der Waals surface area (Å²) in [5.74, 6) is -1.48. The zero-order valence-corrected chi connectivity index (χ0v) is 9.91. The first-order valence-electron chi connectivity index (χ1n) is 5.32. The molecule has 1 aromatic rings. The van der Waals surface area contributed by atoms with Crippen molar-refractivity contribution < 1.29 is 14.7 Å². The summed E-state index contributed by atoms with van der Waals surface area (Å²) in [7, 11) is 0. The maximum Gasteiger partial charge on any atom is 0.313 e. The summed E-state index contributed by atoms with van der Waals surface area (Å²) in [5, 5.41) is 13.3. The average molecular weight is 236 g/mol. The summed E-state index contributed by atoms with van der Waals surface area (Å²) in [4.78, 5) is 22.7. The maximum atomic E-state index is 11.5. The molecule has 0 spiro atoms. The van der Waals surface area contributed by atoms with Crippen LogP contribution in [0, 0.1) is 13.8 Å². The van der Waals surface area contributed by atoms with Crippen LogP contribution in [0.1, 0.15) is 11.1 Å². The first kappa shape index (κ1) is 13.2. The number of rotatable bonds is 3. The molecule has 2 amide bonds. The summed E-state index contributed by atoms with van der Waals surface area (Å²) in [6, 6.07) is 5.47. The minimum atomic E-state index is -0.750. The lowest BCUT2D eigenvalue weighted by molar-refractivity contribution is -0.136. The second kappa shape index (κ2) is 6.00. The van der Waals surface area contributed by atoms with Gasteiger partial charge < -0.3 is 15.7 Å². The van der Waals surface area contributed by atoms with E-state index in [2.05, 4.69) is 10.6 Å². The molecule has 0 aromatic heterocycles. The highest BCUT2D eigenvalue weighted by Gasteiger charge is 2.13. The average Bonchev–Trinajstić information content (AvgIpc) is 2.31. The molecule has 0 aliphatic rings. The van der Waals surface area contributed by atoms with Gasteiger partial charge in [0, 0.05) is 12.2 Å². The first-order chi connectivity index (χ1) is 8.06. The van der Waals surface area contributed by atoms with Crippen molar-refractivity contribution >= 4 is 17.5 Å². The van der Waals surface area contributed by atoms with E-state index in [9.17, 15) is 9.59 Å². The summed E-state index contributed by atoms with van der Waals surface area (Å²) in [5.41, 5.74) is 2.59. The fraction of sp³-hybridized carbons (Fsp3) is 0.333. The van der Waals surface area contributed by atoms with Gasteiger partial charge in [0.15, 0.2) is 0 Å². The Hall–Kier alpha value is -1.88. The van der Waals surface area contributed by atoms with Crippen molar-refractivity contribution in [2.75, 3.05) is 18.5 Å². The Morgan fingerprint density at radius 3 is 2.59 bits per heavy atom. The fourth-order valence-corrected chi connectivity index (χ4v) is 1.32. The Bertz CT molecular complexity index is 430. The largest absolute Gasteiger partial charge is 0.395 e. The van der Waals surface area contributed by atoms with Gasteiger partial charge in [0.05, 0.1) is 6.61 Å². The van der Waals surface area contributed by atoms with Crippen molar-refractivity contribution in [3.05, 3.63) is 29.3 Å². The number of hydrogen-bond donors (Lipinski definition) is 3. The van der Waals surface area contributed by atoms with Crippen LogP contribution >= 0.6 is 0 Å². The normalized spacial score (nSPS) is 9.82. The van der Waals surface area contributed by atoms with Gasteiger partial charge in [-0.25, -0.2) is 0 Å². The number of carbonyl (C=O) groups excluding carboxylic acids is 2. The summed E-state index contributed by atoms with van der Waals surface area (Å²) < 4.78 is 0. The van der Waals surface area contributed by atoms with E-state index in [1.165, 1.54) is 0 Å². The lowest BCUT2D eigenvalue weighted by Crippen LogP contribution is -2.37. The molecule has 0 saturated heterocycles. The van der Waals surface area contributed by atoms with E-state index in [0.29, 0.717) is 5.69 Å². The maximum absolute atomic E-state index is 11.5. The van der Waals surface area contributed by atoms with Crippen molar-refractivity contribution in [3.63, 3.8) is 0 Å². The van der Waals surface area contributed by atoms with Crippen LogP contribution < -0.4 is 10.6 Å². The standard InChI is InChI=1S/C12H16N2O3/c1-8-4-3-5-10(9(8)2)14-12(17)11(16)13-6-7-15/h3-5,15H,6-7H2,1-2H3,(H,13,16)(H,14,17). The topological polar surface area (TPSA) is 78.4 Å². The molecule has 0 fully saturated rings. The van der Waals surface area contributed by atoms with Crippen LogP contribution in [0.3, 0.4) is 0 Å². The smallest absolute Gasteiger partial charge is 0.313 e. The SMILES string of the molecule is Cc1cccc(NC(=O)C(=O)NCCO)c1C. The zero-order chi connectivity index (χ0) is 12.8. The van der Waals surface area contributed by atoms with E-state index in [1.807, 2.05) is 26.0 Å². The van der Waals surface area contributed by atoms with Crippen LogP contribution in [0.15, 0.2) is 18.2 Å². The van der Waals surface area contributed by atoms with Gasteiger partial charge in [0.2, 0.25) is 0 Å². The molecule has 92 valence electrons. The zero-order valence-electron chi connectivity index (χ0n) is 9.91. The highest BCUT2D eigenvalue weighted by atomic mass is 16.3. The number of aryl methyl sites for hydroxylation is 1.